The normalized spacial score (nSPS) is 56.7. The van der Waals surface area contributed by atoms with Gasteiger partial charge < -0.3 is 10.5 Å². The van der Waals surface area contributed by atoms with Crippen molar-refractivity contribution >= 4 is 0 Å². The number of nitrogens with two attached hydrogens (primary N) is 1. The molecule has 1 saturated heterocycles. The Morgan fingerprint density at radius 3 is 2.78 bits per heavy atom. The average molecular weight is 127 g/mol. The number of fused-ring (bicyclic) bond motifs is 1. The molecule has 2 heteroatoms. The van der Waals surface area contributed by atoms with Crippen LogP contribution in [0.15, 0.2) is 0 Å². The molecule has 2 aliphatic rings. The Labute approximate surface area is 55.4 Å². The van der Waals surface area contributed by atoms with Crippen molar-refractivity contribution in [3.8, 4) is 0 Å². The standard InChI is InChI=1S/C7H13NO/c1-6-4-7(6,8)2-3-9-5-6/h2-5,8H2,1H3/t6-,7+/m0/s1. The molecule has 1 aliphatic carbocycles. The third kappa shape index (κ3) is 0.578. The molecule has 0 aromatic heterocycles. The monoisotopic (exact) mass is 127 g/mol. The molecule has 0 radical (unpaired) electrons. The van der Waals surface area contributed by atoms with Gasteiger partial charge in [-0.1, -0.05) is 6.92 Å². The van der Waals surface area contributed by atoms with E-state index in [0.29, 0.717) is 5.41 Å². The lowest BCUT2D eigenvalue weighted by atomic mass is 9.99. The summed E-state index contributed by atoms with van der Waals surface area (Å²) in [5, 5.41) is 0. The maximum absolute atomic E-state index is 6.01. The van der Waals surface area contributed by atoms with Gasteiger partial charge in [0.25, 0.3) is 0 Å². The zero-order chi connectivity index (χ0) is 6.54. The van der Waals surface area contributed by atoms with Gasteiger partial charge in [0.05, 0.1) is 6.61 Å². The maximum atomic E-state index is 6.01. The van der Waals surface area contributed by atoms with Gasteiger partial charge in [-0.3, -0.25) is 0 Å². The van der Waals surface area contributed by atoms with Crippen molar-refractivity contribution in [1.82, 2.24) is 0 Å². The van der Waals surface area contributed by atoms with E-state index in [1.807, 2.05) is 0 Å². The molecule has 2 nitrogen and oxygen atoms in total. The molecular weight excluding hydrogens is 114 g/mol. The van der Waals surface area contributed by atoms with Crippen LogP contribution in [-0.4, -0.2) is 18.8 Å². The van der Waals surface area contributed by atoms with E-state index in [1.165, 1.54) is 6.42 Å². The van der Waals surface area contributed by atoms with Gasteiger partial charge in [-0.25, -0.2) is 0 Å². The van der Waals surface area contributed by atoms with E-state index in [-0.39, 0.29) is 5.54 Å². The Hall–Kier alpha value is -0.0800. The molecule has 0 aromatic carbocycles. The summed E-state index contributed by atoms with van der Waals surface area (Å²) in [6.07, 6.45) is 2.23. The molecule has 9 heavy (non-hydrogen) atoms. The van der Waals surface area contributed by atoms with E-state index in [9.17, 15) is 0 Å². The van der Waals surface area contributed by atoms with Crippen LogP contribution in [0, 0.1) is 5.41 Å². The van der Waals surface area contributed by atoms with Gasteiger partial charge in [0.1, 0.15) is 0 Å². The van der Waals surface area contributed by atoms with Gasteiger partial charge in [0.2, 0.25) is 0 Å². The summed E-state index contributed by atoms with van der Waals surface area (Å²) < 4.78 is 5.31. The molecule has 1 saturated carbocycles. The lowest BCUT2D eigenvalue weighted by Crippen LogP contribution is -2.37. The first-order valence-electron chi connectivity index (χ1n) is 3.53. The third-order valence-electron chi connectivity index (χ3n) is 2.90. The fraction of sp³-hybridized carbons (Fsp3) is 1.00. The van der Waals surface area contributed by atoms with Gasteiger partial charge in [-0.15, -0.1) is 0 Å². The van der Waals surface area contributed by atoms with Crippen molar-refractivity contribution in [1.29, 1.82) is 0 Å². The predicted molar refractivity (Wildman–Crippen MR) is 35.1 cm³/mol. The molecule has 2 atom stereocenters. The highest BCUT2D eigenvalue weighted by molar-refractivity contribution is 5.18. The van der Waals surface area contributed by atoms with E-state index in [2.05, 4.69) is 6.92 Å². The molecule has 0 aromatic rings. The van der Waals surface area contributed by atoms with Crippen LogP contribution in [0.25, 0.3) is 0 Å². The van der Waals surface area contributed by atoms with Gasteiger partial charge in [0.15, 0.2) is 0 Å². The minimum absolute atomic E-state index is 0.158. The highest BCUT2D eigenvalue weighted by Crippen LogP contribution is 2.58. The van der Waals surface area contributed by atoms with Crippen LogP contribution < -0.4 is 5.73 Å². The quantitative estimate of drug-likeness (QED) is 0.514. The van der Waals surface area contributed by atoms with Crippen LogP contribution in [0.3, 0.4) is 0 Å². The fourth-order valence-corrected chi connectivity index (χ4v) is 1.79. The molecule has 1 heterocycles. The van der Waals surface area contributed by atoms with E-state index >= 15 is 0 Å². The second-order valence-electron chi connectivity index (χ2n) is 3.70. The van der Waals surface area contributed by atoms with Crippen molar-refractivity contribution in [2.75, 3.05) is 13.2 Å². The van der Waals surface area contributed by atoms with Crippen molar-refractivity contribution in [3.63, 3.8) is 0 Å². The van der Waals surface area contributed by atoms with Gasteiger partial charge >= 0.3 is 0 Å². The first-order chi connectivity index (χ1) is 4.16. The number of hydrogen-bond donors (Lipinski definition) is 1. The summed E-state index contributed by atoms with van der Waals surface area (Å²) >= 11 is 0. The Kier molecular flexibility index (Phi) is 0.837. The fourth-order valence-electron chi connectivity index (χ4n) is 1.79. The van der Waals surface area contributed by atoms with Gasteiger partial charge in [-0.2, -0.15) is 0 Å². The first-order valence-corrected chi connectivity index (χ1v) is 3.53. The largest absolute Gasteiger partial charge is 0.381 e. The van der Waals surface area contributed by atoms with E-state index in [4.69, 9.17) is 10.5 Å². The smallest absolute Gasteiger partial charge is 0.0538 e. The Morgan fingerprint density at radius 1 is 1.56 bits per heavy atom. The molecule has 0 bridgehead atoms. The van der Waals surface area contributed by atoms with Gasteiger partial charge in [-0.05, 0) is 12.8 Å². The second kappa shape index (κ2) is 1.32. The topological polar surface area (TPSA) is 35.2 Å². The minimum atomic E-state index is 0.158. The number of hydrogen-bond acceptors (Lipinski definition) is 2. The van der Waals surface area contributed by atoms with Crippen molar-refractivity contribution in [2.24, 2.45) is 11.1 Å². The van der Waals surface area contributed by atoms with E-state index in [0.717, 1.165) is 19.6 Å². The van der Waals surface area contributed by atoms with Crippen molar-refractivity contribution in [3.05, 3.63) is 0 Å². The lowest BCUT2D eigenvalue weighted by Gasteiger charge is -2.24. The Bertz CT molecular complexity index is 124. The summed E-state index contributed by atoms with van der Waals surface area (Å²) in [4.78, 5) is 0. The molecule has 1 aliphatic heterocycles. The Morgan fingerprint density at radius 2 is 2.33 bits per heavy atom. The van der Waals surface area contributed by atoms with E-state index < -0.39 is 0 Å². The van der Waals surface area contributed by atoms with Crippen LogP contribution in [0.2, 0.25) is 0 Å². The van der Waals surface area contributed by atoms with Crippen molar-refractivity contribution in [2.45, 2.75) is 25.3 Å². The SMILES string of the molecule is C[C@]12COCC[C@@]1(N)C2. The summed E-state index contributed by atoms with van der Waals surface area (Å²) in [7, 11) is 0. The maximum Gasteiger partial charge on any atom is 0.0538 e. The zero-order valence-electron chi connectivity index (χ0n) is 5.81. The molecule has 2 rings (SSSR count). The first kappa shape index (κ1) is 5.69. The lowest BCUT2D eigenvalue weighted by molar-refractivity contribution is 0.0466. The van der Waals surface area contributed by atoms with Crippen LogP contribution >= 0.6 is 0 Å². The van der Waals surface area contributed by atoms with Crippen LogP contribution in [0.4, 0.5) is 0 Å². The number of rotatable bonds is 0. The van der Waals surface area contributed by atoms with E-state index in [1.54, 1.807) is 0 Å². The van der Waals surface area contributed by atoms with Crippen molar-refractivity contribution < 1.29 is 4.74 Å². The molecule has 0 amide bonds. The van der Waals surface area contributed by atoms with Crippen LogP contribution in [-0.2, 0) is 4.74 Å². The molecule has 2 fully saturated rings. The average Bonchev–Trinajstić information content (AvgIpc) is 2.33. The number of ether oxygens (including phenoxy) is 1. The molecule has 2 N–H and O–H groups in total. The summed E-state index contributed by atoms with van der Waals surface area (Å²) in [5.74, 6) is 0. The summed E-state index contributed by atoms with van der Waals surface area (Å²) in [6, 6.07) is 0. The molecule has 0 unspecified atom stereocenters. The van der Waals surface area contributed by atoms with Crippen LogP contribution in [0.1, 0.15) is 19.8 Å². The highest BCUT2D eigenvalue weighted by Gasteiger charge is 2.63. The zero-order valence-corrected chi connectivity index (χ0v) is 5.81. The minimum Gasteiger partial charge on any atom is -0.381 e. The highest BCUT2D eigenvalue weighted by atomic mass is 16.5. The predicted octanol–water partition coefficient (Wildman–Crippen LogP) is 0.514. The molecule has 52 valence electrons. The Balaban J connectivity index is 2.15. The summed E-state index contributed by atoms with van der Waals surface area (Å²) in [6.45, 7) is 3.96. The third-order valence-corrected chi connectivity index (χ3v) is 2.90. The van der Waals surface area contributed by atoms with Crippen LogP contribution in [0.5, 0.6) is 0 Å². The summed E-state index contributed by atoms with van der Waals surface area (Å²) in [5.41, 5.74) is 6.50. The molecular formula is C7H13NO. The second-order valence-corrected chi connectivity index (χ2v) is 3.70. The molecule has 0 spiro atoms. The van der Waals surface area contributed by atoms with Gasteiger partial charge in [0, 0.05) is 17.6 Å².